The number of para-hydroxylation sites is 1. The first-order chi connectivity index (χ1) is 10.0. The van der Waals surface area contributed by atoms with Gasteiger partial charge in [-0.05, 0) is 37.6 Å². The fourth-order valence-electron chi connectivity index (χ4n) is 2.65. The van der Waals surface area contributed by atoms with Gasteiger partial charge in [-0.1, -0.05) is 13.0 Å². The average molecular weight is 292 g/mol. The number of nitrogens with two attached hydrogens (primary N) is 1. The van der Waals surface area contributed by atoms with Crippen LogP contribution in [0.5, 0.6) is 0 Å². The van der Waals surface area contributed by atoms with Gasteiger partial charge in [-0.2, -0.15) is 0 Å². The van der Waals surface area contributed by atoms with Crippen molar-refractivity contribution in [3.8, 4) is 0 Å². The molecule has 1 saturated heterocycles. The van der Waals surface area contributed by atoms with Gasteiger partial charge in [0.2, 0.25) is 0 Å². The zero-order valence-electron chi connectivity index (χ0n) is 12.0. The van der Waals surface area contributed by atoms with Crippen molar-refractivity contribution in [1.29, 1.82) is 0 Å². The summed E-state index contributed by atoms with van der Waals surface area (Å²) >= 11 is 0. The zero-order valence-corrected chi connectivity index (χ0v) is 12.0. The number of nitrogens with one attached hydrogen (secondary N) is 1. The number of likely N-dealkylation sites (tertiary alicyclic amines) is 1. The summed E-state index contributed by atoms with van der Waals surface area (Å²) in [6, 6.07) is 4.40. The van der Waals surface area contributed by atoms with Gasteiger partial charge in [-0.25, -0.2) is 0 Å². The second-order valence-electron chi connectivity index (χ2n) is 5.26. The Morgan fingerprint density at radius 3 is 2.95 bits per heavy atom. The Morgan fingerprint density at radius 2 is 2.33 bits per heavy atom. The Bertz CT molecular complexity index is 547. The van der Waals surface area contributed by atoms with Crippen molar-refractivity contribution in [2.75, 3.05) is 31.9 Å². The minimum absolute atomic E-state index is 0.00525. The number of hydrogen-bond donors (Lipinski definition) is 2. The summed E-state index contributed by atoms with van der Waals surface area (Å²) in [5.41, 5.74) is 5.29. The van der Waals surface area contributed by atoms with Crippen molar-refractivity contribution in [2.24, 2.45) is 5.92 Å². The number of nitro groups is 1. The maximum absolute atomic E-state index is 12.1. The SMILES string of the molecule is CCN1CCC(CNC(=O)c2cccc(N)c2[N+](=O)[O-])C1. The molecule has 3 N–H and O–H groups in total. The molecule has 1 aliphatic heterocycles. The van der Waals surface area contributed by atoms with Crippen LogP contribution in [0.1, 0.15) is 23.7 Å². The highest BCUT2D eigenvalue weighted by molar-refractivity contribution is 6.00. The van der Waals surface area contributed by atoms with Gasteiger partial charge in [0.25, 0.3) is 5.91 Å². The van der Waals surface area contributed by atoms with E-state index >= 15 is 0 Å². The number of hydrogen-bond acceptors (Lipinski definition) is 5. The van der Waals surface area contributed by atoms with Gasteiger partial charge in [0.05, 0.1) is 4.92 Å². The second-order valence-corrected chi connectivity index (χ2v) is 5.26. The third-order valence-electron chi connectivity index (χ3n) is 3.86. The molecule has 1 fully saturated rings. The molecule has 2 rings (SSSR count). The molecule has 1 heterocycles. The fourth-order valence-corrected chi connectivity index (χ4v) is 2.65. The average Bonchev–Trinajstić information content (AvgIpc) is 2.92. The maximum atomic E-state index is 12.1. The summed E-state index contributed by atoms with van der Waals surface area (Å²) in [5, 5.41) is 13.8. The topological polar surface area (TPSA) is 102 Å². The summed E-state index contributed by atoms with van der Waals surface area (Å²) in [5.74, 6) is -0.0436. The van der Waals surface area contributed by atoms with Crippen LogP contribution in [0.15, 0.2) is 18.2 Å². The lowest BCUT2D eigenvalue weighted by Crippen LogP contribution is -2.31. The van der Waals surface area contributed by atoms with Crippen molar-refractivity contribution in [3.63, 3.8) is 0 Å². The van der Waals surface area contributed by atoms with Crippen molar-refractivity contribution in [3.05, 3.63) is 33.9 Å². The van der Waals surface area contributed by atoms with Gasteiger partial charge in [0.1, 0.15) is 11.3 Å². The maximum Gasteiger partial charge on any atom is 0.304 e. The molecule has 7 heteroatoms. The minimum Gasteiger partial charge on any atom is -0.393 e. The number of nitro benzene ring substituents is 1. The van der Waals surface area contributed by atoms with Crippen molar-refractivity contribution in [2.45, 2.75) is 13.3 Å². The van der Waals surface area contributed by atoms with Crippen LogP contribution in [0.25, 0.3) is 0 Å². The van der Waals surface area contributed by atoms with Crippen LogP contribution < -0.4 is 11.1 Å². The van der Waals surface area contributed by atoms with Crippen LogP contribution >= 0.6 is 0 Å². The highest BCUT2D eigenvalue weighted by Gasteiger charge is 2.25. The number of carbonyl (C=O) groups is 1. The molecule has 0 bridgehead atoms. The number of amides is 1. The molecule has 0 saturated carbocycles. The zero-order chi connectivity index (χ0) is 15.4. The lowest BCUT2D eigenvalue weighted by atomic mass is 10.1. The molecule has 0 spiro atoms. The van der Waals surface area contributed by atoms with Gasteiger partial charge in [0.15, 0.2) is 0 Å². The number of nitrogens with zero attached hydrogens (tertiary/aromatic N) is 2. The van der Waals surface area contributed by atoms with E-state index in [0.717, 1.165) is 26.1 Å². The van der Waals surface area contributed by atoms with Crippen LogP contribution in [0.2, 0.25) is 0 Å². The van der Waals surface area contributed by atoms with E-state index in [0.29, 0.717) is 12.5 Å². The normalized spacial score (nSPS) is 18.6. The van der Waals surface area contributed by atoms with Crippen molar-refractivity contribution in [1.82, 2.24) is 10.2 Å². The molecule has 114 valence electrons. The smallest absolute Gasteiger partial charge is 0.304 e. The van der Waals surface area contributed by atoms with Gasteiger partial charge in [-0.15, -0.1) is 0 Å². The van der Waals surface area contributed by atoms with E-state index in [1.54, 1.807) is 6.07 Å². The van der Waals surface area contributed by atoms with Crippen molar-refractivity contribution < 1.29 is 9.72 Å². The molecule has 21 heavy (non-hydrogen) atoms. The number of anilines is 1. The number of benzene rings is 1. The fraction of sp³-hybridized carbons (Fsp3) is 0.500. The summed E-state index contributed by atoms with van der Waals surface area (Å²) < 4.78 is 0. The van der Waals surface area contributed by atoms with Gasteiger partial charge >= 0.3 is 5.69 Å². The lowest BCUT2D eigenvalue weighted by molar-refractivity contribution is -0.384. The standard InChI is InChI=1S/C14H20N4O3/c1-2-17-7-6-10(9-17)8-16-14(19)11-4-3-5-12(15)13(11)18(20)21/h3-5,10H,2,6-9,15H2,1H3,(H,16,19). The third kappa shape index (κ3) is 3.49. The third-order valence-corrected chi connectivity index (χ3v) is 3.86. The monoisotopic (exact) mass is 292 g/mol. The number of carbonyl (C=O) groups excluding carboxylic acids is 1. The van der Waals surface area contributed by atoms with Crippen LogP contribution in [0, 0.1) is 16.0 Å². The largest absolute Gasteiger partial charge is 0.393 e. The van der Waals surface area contributed by atoms with Crippen LogP contribution in [-0.4, -0.2) is 41.9 Å². The van der Waals surface area contributed by atoms with E-state index in [-0.39, 0.29) is 16.9 Å². The summed E-state index contributed by atoms with van der Waals surface area (Å²) in [6.45, 7) is 5.63. The van der Waals surface area contributed by atoms with Crippen molar-refractivity contribution >= 4 is 17.3 Å². The number of rotatable bonds is 5. The molecule has 0 radical (unpaired) electrons. The van der Waals surface area contributed by atoms with E-state index in [1.807, 2.05) is 0 Å². The lowest BCUT2D eigenvalue weighted by Gasteiger charge is -2.14. The predicted octanol–water partition coefficient (Wildman–Crippen LogP) is 1.25. The molecule has 0 aliphatic carbocycles. The molecule has 1 aromatic rings. The molecular weight excluding hydrogens is 272 g/mol. The molecule has 1 unspecified atom stereocenters. The molecular formula is C14H20N4O3. The Morgan fingerprint density at radius 1 is 1.57 bits per heavy atom. The summed E-state index contributed by atoms with van der Waals surface area (Å²) in [6.07, 6.45) is 1.03. The highest BCUT2D eigenvalue weighted by Crippen LogP contribution is 2.25. The Kier molecular flexibility index (Phi) is 4.74. The Balaban J connectivity index is 2.01. The van der Waals surface area contributed by atoms with E-state index in [9.17, 15) is 14.9 Å². The van der Waals surface area contributed by atoms with E-state index in [1.165, 1.54) is 12.1 Å². The van der Waals surface area contributed by atoms with Crippen LogP contribution in [0.4, 0.5) is 11.4 Å². The molecule has 1 atom stereocenters. The molecule has 0 aromatic heterocycles. The predicted molar refractivity (Wildman–Crippen MR) is 80.1 cm³/mol. The Hall–Kier alpha value is -2.15. The van der Waals surface area contributed by atoms with Gasteiger partial charge in [0, 0.05) is 13.1 Å². The first-order valence-electron chi connectivity index (χ1n) is 7.06. The quantitative estimate of drug-likeness (QED) is 0.483. The van der Waals surface area contributed by atoms with E-state index in [2.05, 4.69) is 17.1 Å². The van der Waals surface area contributed by atoms with E-state index < -0.39 is 10.8 Å². The first kappa shape index (κ1) is 15.2. The molecule has 1 amide bonds. The minimum atomic E-state index is -0.612. The van der Waals surface area contributed by atoms with Gasteiger partial charge in [-0.3, -0.25) is 14.9 Å². The summed E-state index contributed by atoms with van der Waals surface area (Å²) in [7, 11) is 0. The molecule has 1 aromatic carbocycles. The number of nitrogen functional groups attached to an aromatic ring is 1. The molecule has 1 aliphatic rings. The van der Waals surface area contributed by atoms with Gasteiger partial charge < -0.3 is 16.0 Å². The summed E-state index contributed by atoms with van der Waals surface area (Å²) in [4.78, 5) is 24.9. The molecule has 7 nitrogen and oxygen atoms in total. The Labute approximate surface area is 123 Å². The van der Waals surface area contributed by atoms with E-state index in [4.69, 9.17) is 5.73 Å². The van der Waals surface area contributed by atoms with Crippen LogP contribution in [-0.2, 0) is 0 Å². The van der Waals surface area contributed by atoms with Crippen LogP contribution in [0.3, 0.4) is 0 Å². The highest BCUT2D eigenvalue weighted by atomic mass is 16.6. The second kappa shape index (κ2) is 6.53. The first-order valence-corrected chi connectivity index (χ1v) is 7.06.